The fourth-order valence-electron chi connectivity index (χ4n) is 2.99. The first-order valence-corrected chi connectivity index (χ1v) is 10.4. The predicted octanol–water partition coefficient (Wildman–Crippen LogP) is 4.49. The number of benzene rings is 1. The molecule has 0 aromatic heterocycles. The van der Waals surface area contributed by atoms with Gasteiger partial charge in [0.05, 0.1) is 0 Å². The summed E-state index contributed by atoms with van der Waals surface area (Å²) in [6, 6.07) is 3.40. The first-order valence-electron chi connectivity index (χ1n) is 9.21. The predicted molar refractivity (Wildman–Crippen MR) is 107 cm³/mol. The van der Waals surface area contributed by atoms with Crippen molar-refractivity contribution < 1.29 is 42.1 Å². The van der Waals surface area contributed by atoms with Crippen molar-refractivity contribution in [3.8, 4) is 5.75 Å². The van der Waals surface area contributed by atoms with Crippen molar-refractivity contribution >= 4 is 24.0 Å². The largest absolute Gasteiger partial charge is 0.508 e. The lowest BCUT2D eigenvalue weighted by Crippen LogP contribution is -2.58. The SMILES string of the molecule is Cc1cc(C)c2c(c1)C=C[C@](C(C)OC(=O)OCCSCCO[N+](=O)[O-])(C(F)(F)F)O2. The molecule has 12 heteroatoms. The fraction of sp³-hybridized carbons (Fsp3) is 0.526. The molecule has 1 unspecified atom stereocenters. The van der Waals surface area contributed by atoms with Gasteiger partial charge in [0.2, 0.25) is 0 Å². The van der Waals surface area contributed by atoms with E-state index in [1.165, 1.54) is 17.8 Å². The maximum atomic E-state index is 14.0. The molecule has 0 saturated carbocycles. The molecular weight excluding hydrogens is 443 g/mol. The van der Waals surface area contributed by atoms with Gasteiger partial charge in [-0.2, -0.15) is 24.9 Å². The zero-order chi connectivity index (χ0) is 23.2. The number of ether oxygens (including phenoxy) is 3. The Hall–Kier alpha value is -2.63. The topological polar surface area (TPSA) is 97.1 Å². The van der Waals surface area contributed by atoms with Crippen molar-refractivity contribution in [2.45, 2.75) is 38.7 Å². The van der Waals surface area contributed by atoms with E-state index >= 15 is 0 Å². The number of hydrogen-bond acceptors (Lipinski definition) is 8. The second-order valence-corrected chi connectivity index (χ2v) is 7.98. The maximum absolute atomic E-state index is 14.0. The lowest BCUT2D eigenvalue weighted by molar-refractivity contribution is -0.756. The summed E-state index contributed by atoms with van der Waals surface area (Å²) in [6.07, 6.45) is -5.73. The van der Waals surface area contributed by atoms with Crippen LogP contribution in [0.5, 0.6) is 5.75 Å². The molecule has 1 aromatic carbocycles. The minimum atomic E-state index is -4.87. The standard InChI is InChI=1S/C19H22F3NO7S/c1-12-10-13(2)16-15(11-12)4-5-18(30-16,19(20,21)22)14(3)29-17(24)27-6-8-31-9-7-28-23(25)26/h4-5,10-11,14H,6-9H2,1-3H3/t14?,18-/m0/s1. The molecule has 172 valence electrons. The van der Waals surface area contributed by atoms with Gasteiger partial charge >= 0.3 is 12.3 Å². The van der Waals surface area contributed by atoms with Crippen LogP contribution < -0.4 is 4.74 Å². The zero-order valence-corrected chi connectivity index (χ0v) is 17.9. The Morgan fingerprint density at radius 3 is 2.61 bits per heavy atom. The first-order chi connectivity index (χ1) is 14.5. The van der Waals surface area contributed by atoms with Crippen LogP contribution in [0.25, 0.3) is 6.08 Å². The van der Waals surface area contributed by atoms with Crippen molar-refractivity contribution in [2.75, 3.05) is 24.7 Å². The van der Waals surface area contributed by atoms with E-state index in [4.69, 9.17) is 14.2 Å². The highest BCUT2D eigenvalue weighted by molar-refractivity contribution is 7.99. The van der Waals surface area contributed by atoms with Gasteiger partial charge in [0.1, 0.15) is 19.0 Å². The van der Waals surface area contributed by atoms with Gasteiger partial charge in [-0.25, -0.2) is 4.79 Å². The lowest BCUT2D eigenvalue weighted by Gasteiger charge is -2.40. The fourth-order valence-corrected chi connectivity index (χ4v) is 3.59. The van der Waals surface area contributed by atoms with Gasteiger partial charge < -0.3 is 19.0 Å². The number of hydrogen-bond donors (Lipinski definition) is 0. The molecule has 0 radical (unpaired) electrons. The Bertz CT molecular complexity index is 847. The first kappa shape index (κ1) is 24.6. The van der Waals surface area contributed by atoms with Gasteiger partial charge in [0.15, 0.2) is 6.10 Å². The molecule has 0 spiro atoms. The third-order valence-electron chi connectivity index (χ3n) is 4.42. The molecule has 0 N–H and O–H groups in total. The quantitative estimate of drug-likeness (QED) is 0.228. The van der Waals surface area contributed by atoms with Gasteiger partial charge in [0, 0.05) is 17.1 Å². The Balaban J connectivity index is 1.98. The van der Waals surface area contributed by atoms with Crippen molar-refractivity contribution in [3.63, 3.8) is 0 Å². The maximum Gasteiger partial charge on any atom is 0.508 e. The number of alkyl halides is 3. The van der Waals surface area contributed by atoms with Crippen LogP contribution in [0.3, 0.4) is 0 Å². The van der Waals surface area contributed by atoms with Crippen LogP contribution in [0, 0.1) is 24.0 Å². The Morgan fingerprint density at radius 2 is 1.97 bits per heavy atom. The summed E-state index contributed by atoms with van der Waals surface area (Å²) in [7, 11) is 0. The molecular formula is C19H22F3NO7S. The van der Waals surface area contributed by atoms with Crippen molar-refractivity contribution in [3.05, 3.63) is 45.0 Å². The average Bonchev–Trinajstić information content (AvgIpc) is 2.65. The molecule has 31 heavy (non-hydrogen) atoms. The highest BCUT2D eigenvalue weighted by Gasteiger charge is 2.62. The molecule has 1 aliphatic heterocycles. The van der Waals surface area contributed by atoms with Crippen LogP contribution in [0.1, 0.15) is 23.6 Å². The summed E-state index contributed by atoms with van der Waals surface area (Å²) < 4.78 is 57.1. The number of aryl methyl sites for hydroxylation is 2. The summed E-state index contributed by atoms with van der Waals surface area (Å²) >= 11 is 1.20. The normalized spacial score (nSPS) is 18.5. The number of fused-ring (bicyclic) bond motifs is 1. The second-order valence-electron chi connectivity index (χ2n) is 6.75. The molecule has 0 fully saturated rings. The van der Waals surface area contributed by atoms with Gasteiger partial charge in [0.25, 0.3) is 10.7 Å². The number of halogens is 3. The molecule has 2 atom stereocenters. The van der Waals surface area contributed by atoms with Gasteiger partial charge in [-0.1, -0.05) is 17.7 Å². The summed E-state index contributed by atoms with van der Waals surface area (Å²) in [5, 5.41) is 9.08. The van der Waals surface area contributed by atoms with Crippen LogP contribution in [-0.4, -0.2) is 53.8 Å². The molecule has 1 aromatic rings. The molecule has 2 rings (SSSR count). The van der Waals surface area contributed by atoms with Crippen molar-refractivity contribution in [1.82, 2.24) is 0 Å². The van der Waals surface area contributed by atoms with E-state index in [0.29, 0.717) is 11.1 Å². The van der Waals surface area contributed by atoms with Gasteiger partial charge in [-0.3, -0.25) is 0 Å². The van der Waals surface area contributed by atoms with Crippen LogP contribution in [0.2, 0.25) is 0 Å². The van der Waals surface area contributed by atoms with Crippen molar-refractivity contribution in [2.24, 2.45) is 0 Å². The number of thioether (sulfide) groups is 1. The van der Waals surface area contributed by atoms with E-state index < -0.39 is 29.1 Å². The highest BCUT2D eigenvalue weighted by atomic mass is 32.2. The number of carbonyl (C=O) groups is 1. The minimum Gasteiger partial charge on any atom is -0.469 e. The Kier molecular flexibility index (Phi) is 8.04. The van der Waals surface area contributed by atoms with E-state index in [0.717, 1.165) is 18.6 Å². The van der Waals surface area contributed by atoms with Crippen LogP contribution in [0.4, 0.5) is 18.0 Å². The van der Waals surface area contributed by atoms with E-state index in [1.807, 2.05) is 6.92 Å². The molecule has 0 amide bonds. The van der Waals surface area contributed by atoms with E-state index in [-0.39, 0.29) is 30.5 Å². The highest BCUT2D eigenvalue weighted by Crippen LogP contribution is 2.45. The molecule has 1 heterocycles. The molecule has 0 bridgehead atoms. The number of carbonyl (C=O) groups excluding carboxylic acids is 1. The van der Waals surface area contributed by atoms with E-state index in [1.54, 1.807) is 19.1 Å². The van der Waals surface area contributed by atoms with E-state index in [2.05, 4.69) is 4.84 Å². The minimum absolute atomic E-state index is 0.0718. The van der Waals surface area contributed by atoms with Crippen LogP contribution >= 0.6 is 11.8 Å². The molecule has 1 aliphatic rings. The van der Waals surface area contributed by atoms with Gasteiger partial charge in [-0.05, 0) is 38.5 Å². The zero-order valence-electron chi connectivity index (χ0n) is 17.1. The summed E-state index contributed by atoms with van der Waals surface area (Å²) in [4.78, 5) is 26.0. The Morgan fingerprint density at radius 1 is 1.29 bits per heavy atom. The summed E-state index contributed by atoms with van der Waals surface area (Å²) in [5.74, 6) is 0.615. The molecule has 8 nitrogen and oxygen atoms in total. The van der Waals surface area contributed by atoms with E-state index in [9.17, 15) is 28.1 Å². The second kappa shape index (κ2) is 10.1. The number of rotatable bonds is 9. The average molecular weight is 465 g/mol. The van der Waals surface area contributed by atoms with Crippen molar-refractivity contribution in [1.29, 1.82) is 0 Å². The Labute approximate surface area is 180 Å². The smallest absolute Gasteiger partial charge is 0.469 e. The summed E-state index contributed by atoms with van der Waals surface area (Å²) in [5.41, 5.74) is -0.959. The third-order valence-corrected chi connectivity index (χ3v) is 5.33. The van der Waals surface area contributed by atoms with Gasteiger partial charge in [-0.15, -0.1) is 10.1 Å². The molecule has 0 saturated heterocycles. The number of nitrogens with zero attached hydrogens (tertiary/aromatic N) is 1. The molecule has 0 aliphatic carbocycles. The summed E-state index contributed by atoms with van der Waals surface area (Å²) in [6.45, 7) is 4.27. The monoisotopic (exact) mass is 465 g/mol. The van der Waals surface area contributed by atoms with Crippen LogP contribution in [-0.2, 0) is 14.3 Å². The third kappa shape index (κ3) is 6.18. The van der Waals surface area contributed by atoms with Crippen LogP contribution in [0.15, 0.2) is 18.2 Å². The lowest BCUT2D eigenvalue weighted by atomic mass is 9.91.